The number of nitrogens with one attached hydrogen (secondary N) is 1. The highest BCUT2D eigenvalue weighted by Gasteiger charge is 2.34. The Kier molecular flexibility index (Phi) is 8.34. The van der Waals surface area contributed by atoms with Crippen molar-refractivity contribution in [2.75, 3.05) is 39.4 Å². The third-order valence-corrected chi connectivity index (χ3v) is 7.19. The van der Waals surface area contributed by atoms with E-state index in [9.17, 15) is 4.79 Å². The Morgan fingerprint density at radius 2 is 1.44 bits per heavy atom. The molecule has 4 aromatic rings. The van der Waals surface area contributed by atoms with E-state index in [1.165, 1.54) is 0 Å². The van der Waals surface area contributed by atoms with Crippen molar-refractivity contribution in [2.45, 2.75) is 26.4 Å². The first-order valence-electron chi connectivity index (χ1n) is 12.8. The molecule has 2 saturated heterocycles. The predicted molar refractivity (Wildman–Crippen MR) is 154 cm³/mol. The highest BCUT2D eigenvalue weighted by molar-refractivity contribution is 9.10. The van der Waals surface area contributed by atoms with Crippen LogP contribution in [0.1, 0.15) is 20.8 Å². The third kappa shape index (κ3) is 7.03. The zero-order valence-corrected chi connectivity index (χ0v) is 25.3. The van der Waals surface area contributed by atoms with Gasteiger partial charge in [0.1, 0.15) is 28.1 Å². The van der Waals surface area contributed by atoms with E-state index in [4.69, 9.17) is 14.2 Å². The number of imidazole rings is 2. The summed E-state index contributed by atoms with van der Waals surface area (Å²) in [6.07, 6.45) is 10.8. The second kappa shape index (κ2) is 11.7. The van der Waals surface area contributed by atoms with Gasteiger partial charge in [0.15, 0.2) is 0 Å². The van der Waals surface area contributed by atoms with E-state index in [1.807, 2.05) is 60.3 Å². The van der Waals surface area contributed by atoms with Crippen molar-refractivity contribution in [1.82, 2.24) is 29.0 Å². The molecule has 6 rings (SSSR count). The number of ether oxygens (including phenoxy) is 3. The summed E-state index contributed by atoms with van der Waals surface area (Å²) in [5, 5.41) is 3.23. The van der Waals surface area contributed by atoms with Crippen LogP contribution in [0.15, 0.2) is 58.5 Å². The molecular weight excluding hydrogens is 632 g/mol. The van der Waals surface area contributed by atoms with Gasteiger partial charge in [-0.15, -0.1) is 0 Å². The quantitative estimate of drug-likeness (QED) is 0.309. The van der Waals surface area contributed by atoms with Gasteiger partial charge in [0, 0.05) is 59.4 Å². The second-order valence-electron chi connectivity index (χ2n) is 10.8. The third-order valence-electron chi connectivity index (χ3n) is 6.32. The standard InChI is InChI=1S/C16H20BrN3O3.C11H12BrN3O/c1-16(2,3)23-15(21)19-6-11(7-19)9-22-14-4-12(17)8-20-10-18-5-13(14)20;12-9-1-11(16-6-8-2-13-3-8)10-4-14-7-15(10)5-9/h4-5,8,10-11H,6-7,9H2,1-3H3;1,4-5,7-8,13H,2-3,6H2. The lowest BCUT2D eigenvalue weighted by atomic mass is 10.0. The van der Waals surface area contributed by atoms with Gasteiger partial charge in [-0.05, 0) is 64.8 Å². The molecule has 10 nitrogen and oxygen atoms in total. The van der Waals surface area contributed by atoms with Crippen molar-refractivity contribution >= 4 is 49.0 Å². The molecule has 12 heteroatoms. The van der Waals surface area contributed by atoms with Crippen LogP contribution in [0.2, 0.25) is 0 Å². The van der Waals surface area contributed by atoms with Crippen LogP contribution in [0.25, 0.3) is 11.0 Å². The van der Waals surface area contributed by atoms with E-state index in [1.54, 1.807) is 23.8 Å². The molecule has 1 amide bonds. The summed E-state index contributed by atoms with van der Waals surface area (Å²) in [6, 6.07) is 3.92. The van der Waals surface area contributed by atoms with Gasteiger partial charge < -0.3 is 33.2 Å². The Morgan fingerprint density at radius 1 is 0.923 bits per heavy atom. The number of aromatic nitrogens is 4. The number of fused-ring (bicyclic) bond motifs is 2. The number of likely N-dealkylation sites (tertiary alicyclic amines) is 1. The van der Waals surface area contributed by atoms with Crippen molar-refractivity contribution < 1.29 is 19.0 Å². The normalized spacial score (nSPS) is 15.9. The molecule has 2 aliphatic rings. The molecule has 39 heavy (non-hydrogen) atoms. The van der Waals surface area contributed by atoms with E-state index in [0.717, 1.165) is 51.2 Å². The fraction of sp³-hybridized carbons (Fsp3) is 0.444. The lowest BCUT2D eigenvalue weighted by Crippen LogP contribution is -2.53. The Morgan fingerprint density at radius 3 is 1.90 bits per heavy atom. The zero-order chi connectivity index (χ0) is 27.6. The molecule has 0 spiro atoms. The number of pyridine rings is 2. The van der Waals surface area contributed by atoms with Crippen molar-refractivity contribution in [2.24, 2.45) is 11.8 Å². The van der Waals surface area contributed by atoms with Crippen LogP contribution in [-0.2, 0) is 4.74 Å². The monoisotopic (exact) mass is 662 g/mol. The first-order valence-corrected chi connectivity index (χ1v) is 14.4. The number of carbonyl (C=O) groups excluding carboxylic acids is 1. The van der Waals surface area contributed by atoms with Gasteiger partial charge in [0.25, 0.3) is 0 Å². The molecule has 0 bridgehead atoms. The van der Waals surface area contributed by atoms with E-state index in [0.29, 0.717) is 31.5 Å². The van der Waals surface area contributed by atoms with Crippen molar-refractivity contribution in [3.63, 3.8) is 0 Å². The largest absolute Gasteiger partial charge is 0.491 e. The molecule has 0 radical (unpaired) electrons. The lowest BCUT2D eigenvalue weighted by Gasteiger charge is -2.39. The summed E-state index contributed by atoms with van der Waals surface area (Å²) >= 11 is 6.93. The molecule has 0 saturated carbocycles. The molecule has 0 atom stereocenters. The number of halogens is 2. The van der Waals surface area contributed by atoms with E-state index in [-0.39, 0.29) is 6.09 Å². The molecule has 208 valence electrons. The molecule has 0 aromatic carbocycles. The van der Waals surface area contributed by atoms with Crippen LogP contribution in [-0.4, -0.2) is 74.8 Å². The minimum absolute atomic E-state index is 0.255. The molecular formula is C27H32Br2N6O4. The van der Waals surface area contributed by atoms with Crippen LogP contribution in [0, 0.1) is 11.8 Å². The number of carbonyl (C=O) groups is 1. The number of amides is 1. The molecule has 0 aliphatic carbocycles. The summed E-state index contributed by atoms with van der Waals surface area (Å²) in [5.41, 5.74) is 1.48. The summed E-state index contributed by atoms with van der Waals surface area (Å²) in [7, 11) is 0. The van der Waals surface area contributed by atoms with Gasteiger partial charge in [-0.1, -0.05) is 0 Å². The molecule has 6 heterocycles. The second-order valence-corrected chi connectivity index (χ2v) is 12.6. The number of rotatable bonds is 6. The maximum Gasteiger partial charge on any atom is 0.410 e. The first kappa shape index (κ1) is 27.7. The zero-order valence-electron chi connectivity index (χ0n) is 22.1. The summed E-state index contributed by atoms with van der Waals surface area (Å²) in [5.74, 6) is 2.64. The summed E-state index contributed by atoms with van der Waals surface area (Å²) in [6.45, 7) is 10.4. The molecule has 2 fully saturated rings. The average Bonchev–Trinajstić information content (AvgIpc) is 3.45. The van der Waals surface area contributed by atoms with Gasteiger partial charge in [-0.2, -0.15) is 0 Å². The highest BCUT2D eigenvalue weighted by atomic mass is 79.9. The van der Waals surface area contributed by atoms with E-state index in [2.05, 4.69) is 47.1 Å². The maximum absolute atomic E-state index is 11.9. The van der Waals surface area contributed by atoms with Gasteiger partial charge in [-0.25, -0.2) is 14.8 Å². The Bertz CT molecular complexity index is 1440. The van der Waals surface area contributed by atoms with Gasteiger partial charge in [0.2, 0.25) is 0 Å². The first-order chi connectivity index (χ1) is 18.6. The van der Waals surface area contributed by atoms with Crippen LogP contribution in [0.5, 0.6) is 11.5 Å². The fourth-order valence-corrected chi connectivity index (χ4v) is 5.06. The van der Waals surface area contributed by atoms with Crippen molar-refractivity contribution in [3.8, 4) is 11.5 Å². The van der Waals surface area contributed by atoms with Crippen LogP contribution in [0.4, 0.5) is 4.79 Å². The number of hydrogen-bond donors (Lipinski definition) is 1. The number of hydrogen-bond acceptors (Lipinski definition) is 7. The van der Waals surface area contributed by atoms with Crippen LogP contribution >= 0.6 is 31.9 Å². The van der Waals surface area contributed by atoms with Crippen LogP contribution < -0.4 is 14.8 Å². The van der Waals surface area contributed by atoms with Gasteiger partial charge in [0.05, 0.1) is 38.3 Å². The predicted octanol–water partition coefficient (Wildman–Crippen LogP) is 5.04. The molecule has 0 unspecified atom stereocenters. The van der Waals surface area contributed by atoms with Crippen molar-refractivity contribution in [1.29, 1.82) is 0 Å². The van der Waals surface area contributed by atoms with Crippen molar-refractivity contribution in [3.05, 3.63) is 58.5 Å². The average molecular weight is 664 g/mol. The smallest absolute Gasteiger partial charge is 0.410 e. The fourth-order valence-electron chi connectivity index (χ4n) is 4.20. The van der Waals surface area contributed by atoms with Crippen LogP contribution in [0.3, 0.4) is 0 Å². The molecule has 4 aromatic heterocycles. The minimum Gasteiger partial charge on any atom is -0.491 e. The highest BCUT2D eigenvalue weighted by Crippen LogP contribution is 2.27. The Labute approximate surface area is 243 Å². The summed E-state index contributed by atoms with van der Waals surface area (Å²) in [4.78, 5) is 21.8. The topological polar surface area (TPSA) is 94.6 Å². The SMILES string of the molecule is Brc1cc(OCC2CNC2)c2cncn2c1.CC(C)(C)OC(=O)N1CC(COc2cc(Br)cn3cncc23)C1. The van der Waals surface area contributed by atoms with Gasteiger partial charge >= 0.3 is 6.09 Å². The van der Waals surface area contributed by atoms with E-state index < -0.39 is 5.60 Å². The minimum atomic E-state index is -0.456. The Balaban J connectivity index is 0.000000168. The lowest BCUT2D eigenvalue weighted by molar-refractivity contribution is -0.00775. The Hall–Kier alpha value is -2.83. The van der Waals surface area contributed by atoms with E-state index >= 15 is 0 Å². The molecule has 2 aliphatic heterocycles. The number of nitrogens with zero attached hydrogens (tertiary/aromatic N) is 5. The maximum atomic E-state index is 11.9. The summed E-state index contributed by atoms with van der Waals surface area (Å²) < 4.78 is 22.9. The molecule has 1 N–H and O–H groups in total. The van der Waals surface area contributed by atoms with Gasteiger partial charge in [-0.3, -0.25) is 0 Å².